The smallest absolute Gasteiger partial charge is 0.310 e. The molecule has 0 saturated carbocycles. The van der Waals surface area contributed by atoms with Gasteiger partial charge in [-0.2, -0.15) is 0 Å². The van der Waals surface area contributed by atoms with Crippen molar-refractivity contribution in [2.24, 2.45) is 11.7 Å². The van der Waals surface area contributed by atoms with E-state index in [-0.39, 0.29) is 17.9 Å². The number of hydrogen-bond acceptors (Lipinski definition) is 4. The normalized spacial score (nSPS) is 23.8. The molecule has 2 rings (SSSR count). The highest BCUT2D eigenvalue weighted by atomic mass is 16.5. The number of benzene rings is 1. The Balaban J connectivity index is 2.15. The fraction of sp³-hybridized carbons (Fsp3) is 0.500. The van der Waals surface area contributed by atoms with Crippen LogP contribution in [0.25, 0.3) is 0 Å². The van der Waals surface area contributed by atoms with Gasteiger partial charge in [0.15, 0.2) is 0 Å². The summed E-state index contributed by atoms with van der Waals surface area (Å²) in [6.07, 6.45) is 0.703. The standard InChI is InChI=1S/C14H20N2O2/c1-10-4-3-5-13(6-10)16-8-11(14(17)18-2)7-12(15)9-16/h3-6,11-12H,7-9,15H2,1-2H3. The molecule has 2 atom stereocenters. The Morgan fingerprint density at radius 1 is 1.44 bits per heavy atom. The molecule has 0 amide bonds. The Kier molecular flexibility index (Phi) is 3.87. The number of hydrogen-bond donors (Lipinski definition) is 1. The summed E-state index contributed by atoms with van der Waals surface area (Å²) in [6.45, 7) is 3.53. The Labute approximate surface area is 108 Å². The van der Waals surface area contributed by atoms with E-state index in [4.69, 9.17) is 10.5 Å². The predicted molar refractivity (Wildman–Crippen MR) is 71.5 cm³/mol. The molecule has 4 heteroatoms. The molecular weight excluding hydrogens is 228 g/mol. The lowest BCUT2D eigenvalue weighted by atomic mass is 9.94. The zero-order valence-corrected chi connectivity index (χ0v) is 10.9. The van der Waals surface area contributed by atoms with Gasteiger partial charge in [0, 0.05) is 24.8 Å². The third-order valence-electron chi connectivity index (χ3n) is 3.38. The third kappa shape index (κ3) is 2.82. The fourth-order valence-corrected chi connectivity index (χ4v) is 2.51. The van der Waals surface area contributed by atoms with E-state index >= 15 is 0 Å². The second-order valence-electron chi connectivity index (χ2n) is 4.96. The minimum atomic E-state index is -0.164. The van der Waals surface area contributed by atoms with Crippen LogP contribution in [0.3, 0.4) is 0 Å². The van der Waals surface area contributed by atoms with Crippen LogP contribution in [0.4, 0.5) is 5.69 Å². The summed E-state index contributed by atoms with van der Waals surface area (Å²) >= 11 is 0. The van der Waals surface area contributed by atoms with Gasteiger partial charge in [-0.1, -0.05) is 12.1 Å². The van der Waals surface area contributed by atoms with Crippen molar-refractivity contribution in [3.05, 3.63) is 29.8 Å². The maximum Gasteiger partial charge on any atom is 0.310 e. The molecule has 4 nitrogen and oxygen atoms in total. The lowest BCUT2D eigenvalue weighted by molar-refractivity contribution is -0.145. The van der Waals surface area contributed by atoms with Crippen LogP contribution in [-0.4, -0.2) is 32.2 Å². The SMILES string of the molecule is COC(=O)C1CC(N)CN(c2cccc(C)c2)C1. The molecule has 2 N–H and O–H groups in total. The Morgan fingerprint density at radius 3 is 2.89 bits per heavy atom. The highest BCUT2D eigenvalue weighted by Crippen LogP contribution is 2.24. The van der Waals surface area contributed by atoms with Crippen molar-refractivity contribution in [3.63, 3.8) is 0 Å². The van der Waals surface area contributed by atoms with Crippen molar-refractivity contribution in [1.82, 2.24) is 0 Å². The number of ether oxygens (including phenoxy) is 1. The molecule has 1 aliphatic rings. The van der Waals surface area contributed by atoms with Crippen molar-refractivity contribution < 1.29 is 9.53 Å². The maximum atomic E-state index is 11.7. The Hall–Kier alpha value is -1.55. The summed E-state index contributed by atoms with van der Waals surface area (Å²) in [6, 6.07) is 8.28. The van der Waals surface area contributed by atoms with E-state index in [2.05, 4.69) is 30.0 Å². The molecule has 0 bridgehead atoms. The molecule has 1 aliphatic heterocycles. The average molecular weight is 248 g/mol. The zero-order chi connectivity index (χ0) is 13.1. The summed E-state index contributed by atoms with van der Waals surface area (Å²) in [5, 5.41) is 0. The van der Waals surface area contributed by atoms with Gasteiger partial charge in [-0.05, 0) is 31.0 Å². The number of esters is 1. The second-order valence-corrected chi connectivity index (χ2v) is 4.96. The first-order valence-electron chi connectivity index (χ1n) is 6.25. The van der Waals surface area contributed by atoms with Crippen molar-refractivity contribution in [2.45, 2.75) is 19.4 Å². The van der Waals surface area contributed by atoms with Crippen LogP contribution in [0.1, 0.15) is 12.0 Å². The molecule has 1 saturated heterocycles. The summed E-state index contributed by atoms with van der Waals surface area (Å²) in [4.78, 5) is 13.8. The topological polar surface area (TPSA) is 55.6 Å². The van der Waals surface area contributed by atoms with Gasteiger partial charge in [-0.25, -0.2) is 0 Å². The lowest BCUT2D eigenvalue weighted by Gasteiger charge is -2.36. The molecule has 0 aliphatic carbocycles. The molecule has 1 heterocycles. The van der Waals surface area contributed by atoms with E-state index in [1.807, 2.05) is 6.07 Å². The number of anilines is 1. The Bertz CT molecular complexity index is 434. The molecule has 98 valence electrons. The summed E-state index contributed by atoms with van der Waals surface area (Å²) in [5.74, 6) is -0.290. The quantitative estimate of drug-likeness (QED) is 0.802. The third-order valence-corrected chi connectivity index (χ3v) is 3.38. The second kappa shape index (κ2) is 5.40. The molecule has 0 aromatic heterocycles. The number of aryl methyl sites for hydroxylation is 1. The van der Waals surface area contributed by atoms with Crippen LogP contribution in [0, 0.1) is 12.8 Å². The van der Waals surface area contributed by atoms with Gasteiger partial charge < -0.3 is 15.4 Å². The van der Waals surface area contributed by atoms with E-state index in [1.54, 1.807) is 0 Å². The first-order valence-corrected chi connectivity index (χ1v) is 6.25. The van der Waals surface area contributed by atoms with Crippen molar-refractivity contribution in [3.8, 4) is 0 Å². The molecule has 1 aromatic carbocycles. The molecule has 0 spiro atoms. The van der Waals surface area contributed by atoms with E-state index in [9.17, 15) is 4.79 Å². The van der Waals surface area contributed by atoms with Gasteiger partial charge >= 0.3 is 5.97 Å². The first kappa shape index (κ1) is 12.9. The monoisotopic (exact) mass is 248 g/mol. The first-order chi connectivity index (χ1) is 8.60. The van der Waals surface area contributed by atoms with E-state index in [1.165, 1.54) is 12.7 Å². The molecule has 1 fully saturated rings. The average Bonchev–Trinajstić information content (AvgIpc) is 2.37. The fourth-order valence-electron chi connectivity index (χ4n) is 2.51. The van der Waals surface area contributed by atoms with E-state index in [0.29, 0.717) is 13.0 Å². The van der Waals surface area contributed by atoms with Crippen LogP contribution in [0.5, 0.6) is 0 Å². The zero-order valence-electron chi connectivity index (χ0n) is 10.9. The van der Waals surface area contributed by atoms with Crippen molar-refractivity contribution in [2.75, 3.05) is 25.1 Å². The van der Waals surface area contributed by atoms with Gasteiger partial charge in [0.05, 0.1) is 13.0 Å². The highest BCUT2D eigenvalue weighted by Gasteiger charge is 2.30. The molecule has 1 aromatic rings. The molecular formula is C14H20N2O2. The van der Waals surface area contributed by atoms with E-state index in [0.717, 1.165) is 12.2 Å². The molecule has 2 unspecified atom stereocenters. The highest BCUT2D eigenvalue weighted by molar-refractivity contribution is 5.73. The molecule has 18 heavy (non-hydrogen) atoms. The van der Waals surface area contributed by atoms with Crippen LogP contribution < -0.4 is 10.6 Å². The minimum Gasteiger partial charge on any atom is -0.469 e. The maximum absolute atomic E-state index is 11.7. The van der Waals surface area contributed by atoms with Crippen LogP contribution in [0.15, 0.2) is 24.3 Å². The van der Waals surface area contributed by atoms with Crippen LogP contribution in [0.2, 0.25) is 0 Å². The van der Waals surface area contributed by atoms with Gasteiger partial charge in [-0.3, -0.25) is 4.79 Å². The number of carbonyl (C=O) groups excluding carboxylic acids is 1. The predicted octanol–water partition coefficient (Wildman–Crippen LogP) is 1.32. The van der Waals surface area contributed by atoms with Crippen molar-refractivity contribution >= 4 is 11.7 Å². The summed E-state index contributed by atoms with van der Waals surface area (Å²) in [7, 11) is 1.43. The van der Waals surface area contributed by atoms with Crippen LogP contribution in [-0.2, 0) is 9.53 Å². The Morgan fingerprint density at radius 2 is 2.22 bits per heavy atom. The van der Waals surface area contributed by atoms with Crippen LogP contribution >= 0.6 is 0 Å². The van der Waals surface area contributed by atoms with Gasteiger partial charge in [0.1, 0.15) is 0 Å². The lowest BCUT2D eigenvalue weighted by Crippen LogP contribution is -2.49. The van der Waals surface area contributed by atoms with Gasteiger partial charge in [0.25, 0.3) is 0 Å². The largest absolute Gasteiger partial charge is 0.469 e. The minimum absolute atomic E-state index is 0.0170. The van der Waals surface area contributed by atoms with Gasteiger partial charge in [0.2, 0.25) is 0 Å². The number of piperidine rings is 1. The molecule has 0 radical (unpaired) electrons. The summed E-state index contributed by atoms with van der Waals surface area (Å²) in [5.41, 5.74) is 8.37. The number of rotatable bonds is 2. The van der Waals surface area contributed by atoms with E-state index < -0.39 is 0 Å². The number of carbonyl (C=O) groups is 1. The van der Waals surface area contributed by atoms with Crippen molar-refractivity contribution in [1.29, 1.82) is 0 Å². The number of nitrogens with two attached hydrogens (primary N) is 1. The summed E-state index contributed by atoms with van der Waals surface area (Å²) < 4.78 is 4.82. The van der Waals surface area contributed by atoms with Gasteiger partial charge in [-0.15, -0.1) is 0 Å². The number of nitrogens with zero attached hydrogens (tertiary/aromatic N) is 1. The number of methoxy groups -OCH3 is 1.